The highest BCUT2D eigenvalue weighted by Gasteiger charge is 2.45. The van der Waals surface area contributed by atoms with Crippen LogP contribution >= 0.6 is 0 Å². The molecule has 0 bridgehead atoms. The number of hydrogen-bond acceptors (Lipinski definition) is 7. The number of ether oxygens (including phenoxy) is 2. The molecule has 0 radical (unpaired) electrons. The van der Waals surface area contributed by atoms with E-state index in [0.29, 0.717) is 12.1 Å². The molecule has 3 aromatic rings. The highest BCUT2D eigenvalue weighted by molar-refractivity contribution is 6.06. The van der Waals surface area contributed by atoms with E-state index < -0.39 is 109 Å². The van der Waals surface area contributed by atoms with Crippen LogP contribution in [0.2, 0.25) is 0 Å². The van der Waals surface area contributed by atoms with Crippen molar-refractivity contribution < 1.29 is 62.2 Å². The summed E-state index contributed by atoms with van der Waals surface area (Å²) in [6.45, 7) is 1.11. The van der Waals surface area contributed by atoms with Crippen molar-refractivity contribution in [2.75, 3.05) is 10.6 Å². The lowest BCUT2D eigenvalue weighted by Gasteiger charge is -2.22. The van der Waals surface area contributed by atoms with Gasteiger partial charge in [0.05, 0.1) is 56.4 Å². The molecule has 19 heteroatoms. The number of alkyl halides is 12. The third-order valence-corrected chi connectivity index (χ3v) is 7.10. The molecule has 3 aromatic carbocycles. The topological polar surface area (TPSA) is 114 Å². The van der Waals surface area contributed by atoms with E-state index in [9.17, 15) is 68.5 Å². The second-order valence-electron chi connectivity index (χ2n) is 10.1. The molecule has 0 fully saturated rings. The number of hydrogen-bond donors (Lipinski definition) is 2. The summed E-state index contributed by atoms with van der Waals surface area (Å²) in [7, 11) is 0. The van der Waals surface area contributed by atoms with E-state index in [0.717, 1.165) is 6.92 Å². The summed E-state index contributed by atoms with van der Waals surface area (Å²) in [5.74, 6) is -3.15. The van der Waals surface area contributed by atoms with Gasteiger partial charge < -0.3 is 20.1 Å². The molecule has 0 spiro atoms. The van der Waals surface area contributed by atoms with Gasteiger partial charge in [0.2, 0.25) is 11.8 Å². The first-order valence-electron chi connectivity index (χ1n) is 13.0. The van der Waals surface area contributed by atoms with E-state index in [4.69, 9.17) is 9.47 Å². The van der Waals surface area contributed by atoms with Crippen LogP contribution in [0.3, 0.4) is 0 Å². The first kappa shape index (κ1) is 34.3. The molecule has 5 rings (SSSR count). The summed E-state index contributed by atoms with van der Waals surface area (Å²) in [5, 5.41) is 33.0. The zero-order valence-electron chi connectivity index (χ0n) is 23.7. The Morgan fingerprint density at radius 2 is 0.959 bits per heavy atom. The van der Waals surface area contributed by atoms with Gasteiger partial charge in [-0.2, -0.15) is 68.5 Å². The number of anilines is 2. The molecule has 0 atom stereocenters. The number of nitrogens with zero attached hydrogens (tertiary/aromatic N) is 3. The van der Waals surface area contributed by atoms with Crippen LogP contribution in [0.15, 0.2) is 59.3 Å². The maximum absolute atomic E-state index is 14.4. The summed E-state index contributed by atoms with van der Waals surface area (Å²) in [4.78, 5) is 0. The molecule has 0 aromatic heterocycles. The van der Waals surface area contributed by atoms with E-state index in [1.807, 2.05) is 0 Å². The first-order chi connectivity index (χ1) is 22.6. The van der Waals surface area contributed by atoms with Gasteiger partial charge in [-0.1, -0.05) is 12.1 Å². The number of nitriles is 3. The van der Waals surface area contributed by atoms with Crippen molar-refractivity contribution in [3.05, 3.63) is 81.6 Å². The average Bonchev–Trinajstić information content (AvgIpc) is 3.63. The lowest BCUT2D eigenvalue weighted by atomic mass is 9.88. The number of benzene rings is 3. The molecule has 0 aliphatic carbocycles. The number of nitrogens with one attached hydrogen (secondary N) is 2. The van der Waals surface area contributed by atoms with Crippen molar-refractivity contribution in [2.45, 2.75) is 31.6 Å². The maximum atomic E-state index is 14.4. The lowest BCUT2D eigenvalue weighted by Crippen LogP contribution is -2.13. The summed E-state index contributed by atoms with van der Waals surface area (Å²) < 4.78 is 179. The van der Waals surface area contributed by atoms with Crippen LogP contribution in [-0.4, -0.2) is 0 Å². The highest BCUT2D eigenvalue weighted by Crippen LogP contribution is 2.62. The van der Waals surface area contributed by atoms with Crippen LogP contribution in [0.25, 0.3) is 22.3 Å². The van der Waals surface area contributed by atoms with Crippen molar-refractivity contribution in [1.29, 1.82) is 15.8 Å². The molecule has 0 unspecified atom stereocenters. The number of halogens is 12. The Labute approximate surface area is 265 Å². The van der Waals surface area contributed by atoms with Crippen LogP contribution in [0, 0.1) is 34.0 Å². The molecule has 2 heterocycles. The molecule has 2 aliphatic rings. The maximum Gasteiger partial charge on any atom is 0.417 e. The molecule has 0 saturated heterocycles. The minimum absolute atomic E-state index is 0.248. The second-order valence-corrected chi connectivity index (χ2v) is 10.1. The van der Waals surface area contributed by atoms with Crippen LogP contribution in [0.1, 0.15) is 29.2 Å². The van der Waals surface area contributed by atoms with Crippen LogP contribution in [-0.2, 0) is 24.7 Å². The zero-order chi connectivity index (χ0) is 36.4. The quantitative estimate of drug-likeness (QED) is 0.202. The Kier molecular flexibility index (Phi) is 7.91. The molecule has 2 N–H and O–H groups in total. The Morgan fingerprint density at radius 1 is 0.571 bits per heavy atom. The first-order valence-corrected chi connectivity index (χ1v) is 13.0. The van der Waals surface area contributed by atoms with Crippen LogP contribution < -0.4 is 20.1 Å². The monoisotopic (exact) mass is 701 g/mol. The molecule has 7 nitrogen and oxygen atoms in total. The SMILES string of the molecule is C/C(C#N)=C1/Nc2c(c(-c3ccc(C(F)(F)F)cc3C(F)(F)F)c3c(c2-c2ccc(C(F)(F)F)cc2C(F)(F)F)OC(=C(C#N)C#N)N3)O1. The molecule has 0 amide bonds. The van der Waals surface area contributed by atoms with Gasteiger partial charge in [0.1, 0.15) is 12.1 Å². The molecular weight excluding hydrogens is 690 g/mol. The van der Waals surface area contributed by atoms with Gasteiger partial charge in [-0.3, -0.25) is 0 Å². The van der Waals surface area contributed by atoms with E-state index in [2.05, 4.69) is 10.6 Å². The summed E-state index contributed by atoms with van der Waals surface area (Å²) in [5.41, 5.74) is -13.9. The fourth-order valence-corrected chi connectivity index (χ4v) is 4.95. The average molecular weight is 701 g/mol. The van der Waals surface area contributed by atoms with E-state index in [1.165, 1.54) is 12.1 Å². The van der Waals surface area contributed by atoms with Crippen molar-refractivity contribution in [3.63, 3.8) is 0 Å². The zero-order valence-corrected chi connectivity index (χ0v) is 23.7. The predicted octanol–water partition coefficient (Wildman–Crippen LogP) is 9.72. The van der Waals surface area contributed by atoms with Gasteiger partial charge in [-0.05, 0) is 42.3 Å². The lowest BCUT2D eigenvalue weighted by molar-refractivity contribution is -0.144. The highest BCUT2D eigenvalue weighted by atomic mass is 19.4. The number of allylic oxidation sites excluding steroid dienone is 2. The molecule has 49 heavy (non-hydrogen) atoms. The van der Waals surface area contributed by atoms with Crippen LogP contribution in [0.5, 0.6) is 11.5 Å². The third kappa shape index (κ3) is 5.97. The Bertz CT molecular complexity index is 1990. The van der Waals surface area contributed by atoms with Crippen molar-refractivity contribution >= 4 is 11.4 Å². The molecule has 0 saturated carbocycles. The standard InChI is InChI=1S/C30H11F12N5O2/c1-11(8-43)25-46-21-19(15-4-2-13(27(31,32)33)6-17(15)29(37,38)39)24-22(47-26(49-24)12(9-44)10-45)20(23(21)48-25)16-5-3-14(28(34,35)36)7-18(16)30(40,41)42/h2-7,46-47H,1H3/b25-11+. The Morgan fingerprint density at radius 3 is 1.31 bits per heavy atom. The van der Waals surface area contributed by atoms with Gasteiger partial charge in [0.15, 0.2) is 17.1 Å². The van der Waals surface area contributed by atoms with Gasteiger partial charge in [-0.25, -0.2) is 0 Å². The Balaban J connectivity index is 2.01. The van der Waals surface area contributed by atoms with E-state index in [-0.39, 0.29) is 29.8 Å². The van der Waals surface area contributed by atoms with Gasteiger partial charge in [0, 0.05) is 0 Å². The predicted molar refractivity (Wildman–Crippen MR) is 142 cm³/mol. The van der Waals surface area contributed by atoms with Crippen molar-refractivity contribution in [2.24, 2.45) is 0 Å². The van der Waals surface area contributed by atoms with Crippen molar-refractivity contribution in [1.82, 2.24) is 0 Å². The molecular formula is C30H11F12N5O2. The molecule has 2 aliphatic heterocycles. The normalized spacial score (nSPS) is 15.0. The van der Waals surface area contributed by atoms with Gasteiger partial charge in [0.25, 0.3) is 0 Å². The summed E-state index contributed by atoms with van der Waals surface area (Å²) >= 11 is 0. The minimum atomic E-state index is -5.53. The summed E-state index contributed by atoms with van der Waals surface area (Å²) in [6, 6.07) is 5.18. The smallest absolute Gasteiger partial charge is 0.417 e. The van der Waals surface area contributed by atoms with Crippen molar-refractivity contribution in [3.8, 4) is 52.0 Å². The largest absolute Gasteiger partial charge is 0.437 e. The fourth-order valence-electron chi connectivity index (χ4n) is 4.95. The minimum Gasteiger partial charge on any atom is -0.437 e. The van der Waals surface area contributed by atoms with Gasteiger partial charge >= 0.3 is 24.7 Å². The molecule has 252 valence electrons. The third-order valence-electron chi connectivity index (χ3n) is 7.10. The van der Waals surface area contributed by atoms with Crippen LogP contribution in [0.4, 0.5) is 64.1 Å². The Hall–Kier alpha value is -6.03. The van der Waals surface area contributed by atoms with E-state index >= 15 is 0 Å². The summed E-state index contributed by atoms with van der Waals surface area (Å²) in [6.07, 6.45) is -21.6. The number of fused-ring (bicyclic) bond motifs is 2. The second kappa shape index (κ2) is 11.3. The van der Waals surface area contributed by atoms with E-state index in [1.54, 1.807) is 6.07 Å². The fraction of sp³-hybridized carbons (Fsp3) is 0.167. The van der Waals surface area contributed by atoms with Gasteiger partial charge in [-0.15, -0.1) is 0 Å². The number of rotatable bonds is 2.